The van der Waals surface area contributed by atoms with Crippen LogP contribution in [0.5, 0.6) is 17.2 Å². The third kappa shape index (κ3) is 15.2. The number of amides is 2. The number of carbonyl (C=O) groups excluding carboxylic acids is 3. The molecule has 1 aliphatic heterocycles. The van der Waals surface area contributed by atoms with Crippen LogP contribution in [0.1, 0.15) is 64.5 Å². The van der Waals surface area contributed by atoms with Crippen LogP contribution in [0.25, 0.3) is 0 Å². The van der Waals surface area contributed by atoms with Crippen molar-refractivity contribution in [3.63, 3.8) is 0 Å². The van der Waals surface area contributed by atoms with E-state index < -0.39 is 61.8 Å². The molecule has 0 saturated carbocycles. The highest BCUT2D eigenvalue weighted by molar-refractivity contribution is 8.13. The van der Waals surface area contributed by atoms with Gasteiger partial charge in [-0.1, -0.05) is 111 Å². The molecule has 0 bridgehead atoms. The zero-order valence-corrected chi connectivity index (χ0v) is 45.2. The lowest BCUT2D eigenvalue weighted by Gasteiger charge is -2.39. The Morgan fingerprint density at radius 3 is 2.01 bits per heavy atom. The second kappa shape index (κ2) is 27.6. The van der Waals surface area contributed by atoms with Crippen molar-refractivity contribution in [2.75, 3.05) is 58.3 Å². The van der Waals surface area contributed by atoms with Crippen LogP contribution in [0.15, 0.2) is 139 Å². The van der Waals surface area contributed by atoms with Crippen LogP contribution < -0.4 is 30.5 Å². The maximum absolute atomic E-state index is 17.8. The second-order valence-electron chi connectivity index (χ2n) is 18.4. The van der Waals surface area contributed by atoms with Crippen molar-refractivity contribution < 1.29 is 56.2 Å². The number of alkyl carbamates (subject to hydrolysis) is 1. The first-order chi connectivity index (χ1) is 36.0. The summed E-state index contributed by atoms with van der Waals surface area (Å²) < 4.78 is 69.6. The number of nitrogens with zero attached hydrogens (tertiary/aromatic N) is 3. The average molecular weight is 1070 g/mol. The van der Waals surface area contributed by atoms with E-state index in [1.165, 1.54) is 18.3 Å². The molecule has 2 amide bonds. The Kier molecular flexibility index (Phi) is 21.3. The molecule has 5 aromatic rings. The number of rotatable bonds is 27. The molecule has 1 aliphatic rings. The Morgan fingerprint density at radius 2 is 1.45 bits per heavy atom. The Balaban J connectivity index is 1.33. The predicted octanol–water partition coefficient (Wildman–Crippen LogP) is 9.47. The minimum Gasteiger partial charge on any atom is -0.497 e. The zero-order chi connectivity index (χ0) is 54.1. The van der Waals surface area contributed by atoms with E-state index >= 15 is 4.39 Å². The summed E-state index contributed by atoms with van der Waals surface area (Å²) in [6.07, 6.45) is -4.12. The Bertz CT molecular complexity index is 2630. The first-order valence-electron chi connectivity index (χ1n) is 24.4. The van der Waals surface area contributed by atoms with E-state index in [1.54, 1.807) is 52.3 Å². The van der Waals surface area contributed by atoms with Gasteiger partial charge >= 0.3 is 11.8 Å². The van der Waals surface area contributed by atoms with Gasteiger partial charge in [0.15, 0.2) is 24.1 Å². The number of para-hydroxylation sites is 1. The van der Waals surface area contributed by atoms with E-state index in [2.05, 4.69) is 22.2 Å². The normalized spacial score (nSPS) is 17.1. The number of hydrogen-bond acceptors (Lipinski definition) is 15. The predicted molar refractivity (Wildman–Crippen MR) is 287 cm³/mol. The highest BCUT2D eigenvalue weighted by Gasteiger charge is 2.51. The number of aromatic nitrogens is 2. The van der Waals surface area contributed by atoms with Gasteiger partial charge in [0.25, 0.3) is 14.4 Å². The Labute approximate surface area is 443 Å². The number of ether oxygens (including phenoxy) is 6. The van der Waals surface area contributed by atoms with Crippen LogP contribution in [0.3, 0.4) is 0 Å². The van der Waals surface area contributed by atoms with Crippen molar-refractivity contribution in [2.24, 2.45) is 5.41 Å². The highest BCUT2D eigenvalue weighted by Crippen LogP contribution is 2.51. The van der Waals surface area contributed by atoms with Gasteiger partial charge in [-0.15, -0.1) is 0 Å². The topological polar surface area (TPSA) is 187 Å². The largest absolute Gasteiger partial charge is 0.497 e. The molecule has 0 aliphatic carbocycles. The molecule has 5 atom stereocenters. The number of hydrogen-bond donors (Lipinski definition) is 2. The Hall–Kier alpha value is -6.18. The van der Waals surface area contributed by atoms with E-state index in [1.807, 2.05) is 117 Å². The summed E-state index contributed by atoms with van der Waals surface area (Å²) in [4.78, 5) is 56.3. The minimum absolute atomic E-state index is 0.0249. The zero-order valence-electron chi connectivity index (χ0n) is 43.5. The fraction of sp³-hybridized carbons (Fsp3) is 0.400. The van der Waals surface area contributed by atoms with Crippen LogP contribution in [0, 0.1) is 5.41 Å². The molecule has 402 valence electrons. The minimum atomic E-state index is -2.10. The highest BCUT2D eigenvalue weighted by atomic mass is 32.2. The summed E-state index contributed by atoms with van der Waals surface area (Å²) in [7, 11) is 1.06. The van der Waals surface area contributed by atoms with Crippen LogP contribution in [-0.4, -0.2) is 115 Å². The molecular weight excluding hydrogens is 1000 g/mol. The van der Waals surface area contributed by atoms with E-state index in [-0.39, 0.29) is 61.7 Å². The van der Waals surface area contributed by atoms with Gasteiger partial charge in [-0.2, -0.15) is 4.98 Å². The number of thioether (sulfide) groups is 1. The van der Waals surface area contributed by atoms with Gasteiger partial charge in [-0.3, -0.25) is 14.2 Å². The average Bonchev–Trinajstić information content (AvgIpc) is 3.73. The fourth-order valence-corrected chi connectivity index (χ4v) is 10.9. The molecule has 0 radical (unpaired) electrons. The summed E-state index contributed by atoms with van der Waals surface area (Å²) in [5, 5.41) is 4.99. The van der Waals surface area contributed by atoms with Gasteiger partial charge < -0.3 is 48.1 Å². The first-order valence-corrected chi connectivity index (χ1v) is 26.5. The maximum Gasteiger partial charge on any atom is 0.407 e. The molecule has 2 N–H and O–H groups in total. The molecule has 1 aromatic heterocycles. The SMILES string of the molecule is C=CCOC(=O)NCC(C)(C)C(=O)SCCOP(OC1C(COC(c2ccccc2)(c2ccc(OC)cc2)c2ccc(OC)cc2)OC(n2ccc(NC(=O)COc3ccccc3)nc2=O)C1F)N(C(C)C)C(C)C. The van der Waals surface area contributed by atoms with Crippen molar-refractivity contribution in [1.29, 1.82) is 0 Å². The fourth-order valence-electron chi connectivity index (χ4n) is 8.21. The van der Waals surface area contributed by atoms with Gasteiger partial charge in [0, 0.05) is 30.6 Å². The van der Waals surface area contributed by atoms with E-state index in [4.69, 9.17) is 37.5 Å². The number of methoxy groups -OCH3 is 2. The van der Waals surface area contributed by atoms with Crippen molar-refractivity contribution in [1.82, 2.24) is 19.5 Å². The molecule has 6 rings (SSSR count). The van der Waals surface area contributed by atoms with Crippen molar-refractivity contribution in [3.8, 4) is 17.2 Å². The molecular formula is C55H67FN5O12PS. The second-order valence-corrected chi connectivity index (χ2v) is 20.9. The van der Waals surface area contributed by atoms with Crippen molar-refractivity contribution >= 4 is 43.2 Å². The number of anilines is 1. The molecule has 5 unspecified atom stereocenters. The van der Waals surface area contributed by atoms with Gasteiger partial charge in [0.1, 0.15) is 47.5 Å². The number of benzene rings is 4. The number of halogens is 1. The summed E-state index contributed by atoms with van der Waals surface area (Å²) in [6.45, 7) is 14.3. The van der Waals surface area contributed by atoms with Crippen LogP contribution in [-0.2, 0) is 38.4 Å². The maximum atomic E-state index is 17.8. The molecule has 2 heterocycles. The molecule has 20 heteroatoms. The monoisotopic (exact) mass is 1070 g/mol. The van der Waals surface area contributed by atoms with Crippen LogP contribution in [0.2, 0.25) is 0 Å². The van der Waals surface area contributed by atoms with Gasteiger partial charge in [-0.25, -0.2) is 18.6 Å². The van der Waals surface area contributed by atoms with Crippen LogP contribution >= 0.6 is 20.3 Å². The van der Waals surface area contributed by atoms with E-state index in [0.717, 1.165) is 21.9 Å². The Morgan fingerprint density at radius 1 is 0.867 bits per heavy atom. The lowest BCUT2D eigenvalue weighted by Crippen LogP contribution is -2.41. The molecule has 1 saturated heterocycles. The van der Waals surface area contributed by atoms with Crippen LogP contribution in [0.4, 0.5) is 15.0 Å². The molecule has 75 heavy (non-hydrogen) atoms. The number of alkyl halides is 1. The van der Waals surface area contributed by atoms with E-state index in [9.17, 15) is 19.2 Å². The van der Waals surface area contributed by atoms with Gasteiger partial charge in [0.05, 0.1) is 32.8 Å². The van der Waals surface area contributed by atoms with Crippen molar-refractivity contribution in [2.45, 2.75) is 83.8 Å². The summed E-state index contributed by atoms with van der Waals surface area (Å²) in [5.74, 6) is 1.28. The standard InChI is InChI=1S/C55H67FN5O12PS/c1-10-31-68-53(65)57-36-54(6,7)51(63)75-33-32-71-74(61(37(2)3)38(4)5)73-49-45(72-50(48(49)56)60-30-29-46(59-52(60)64)58-47(62)35-69-44-19-15-12-16-20-44)34-70-55(39-17-13-11-14-18-39,40-21-25-42(66-8)26-22-40)41-23-27-43(67-9)28-24-41/h10-30,37-38,45,48-50H,1,31-36H2,2-9H3,(H,57,65)(H,58,59,62,64). The molecule has 4 aromatic carbocycles. The number of carbonyl (C=O) groups is 3. The van der Waals surface area contributed by atoms with E-state index in [0.29, 0.717) is 28.4 Å². The lowest BCUT2D eigenvalue weighted by molar-refractivity contribution is -0.118. The molecule has 1 fully saturated rings. The summed E-state index contributed by atoms with van der Waals surface area (Å²) in [5.41, 5.74) is -1.03. The van der Waals surface area contributed by atoms with Gasteiger partial charge in [0.2, 0.25) is 0 Å². The van der Waals surface area contributed by atoms with Gasteiger partial charge in [-0.05, 0) is 86.8 Å². The lowest BCUT2D eigenvalue weighted by atomic mass is 9.80. The third-order valence-corrected chi connectivity index (χ3v) is 15.2. The quantitative estimate of drug-likeness (QED) is 0.0219. The smallest absolute Gasteiger partial charge is 0.407 e. The summed E-state index contributed by atoms with van der Waals surface area (Å²) in [6, 6.07) is 34.3. The first kappa shape index (κ1) is 58.1. The van der Waals surface area contributed by atoms with Crippen molar-refractivity contribution in [3.05, 3.63) is 161 Å². The third-order valence-electron chi connectivity index (χ3n) is 11.9. The number of nitrogens with one attached hydrogen (secondary N) is 2. The molecule has 17 nitrogen and oxygen atoms in total. The summed E-state index contributed by atoms with van der Waals surface area (Å²) >= 11 is 1.03. The molecule has 0 spiro atoms.